The minimum Gasteiger partial charge on any atom is -0.313 e. The maximum atomic E-state index is 12.8. The molecule has 34 heavy (non-hydrogen) atoms. The Morgan fingerprint density at radius 1 is 0.941 bits per heavy atom. The number of hydrogen-bond acceptors (Lipinski definition) is 3. The summed E-state index contributed by atoms with van der Waals surface area (Å²) in [6.45, 7) is 4.00. The molecule has 2 heterocycles. The summed E-state index contributed by atoms with van der Waals surface area (Å²) in [7, 11) is 0. The number of hydrogen-bond donors (Lipinski definition) is 1. The van der Waals surface area contributed by atoms with Crippen molar-refractivity contribution in [3.8, 4) is 16.9 Å². The van der Waals surface area contributed by atoms with E-state index in [1.165, 1.54) is 11.8 Å². The molecule has 1 aliphatic rings. The van der Waals surface area contributed by atoms with Gasteiger partial charge in [0.25, 0.3) is 5.91 Å². The zero-order valence-corrected chi connectivity index (χ0v) is 20.3. The molecule has 0 spiro atoms. The molecule has 1 aliphatic heterocycles. The second kappa shape index (κ2) is 9.37. The Labute approximate surface area is 208 Å². The zero-order chi connectivity index (χ0) is 23.7. The lowest BCUT2D eigenvalue weighted by Gasteiger charge is -2.13. The number of nitrogens with zero attached hydrogens (tertiary/aromatic N) is 2. The first-order chi connectivity index (χ1) is 16.5. The Morgan fingerprint density at radius 2 is 1.65 bits per heavy atom. The van der Waals surface area contributed by atoms with E-state index in [0.29, 0.717) is 15.1 Å². The van der Waals surface area contributed by atoms with Crippen LogP contribution in [0.3, 0.4) is 0 Å². The molecule has 1 saturated heterocycles. The van der Waals surface area contributed by atoms with Crippen molar-refractivity contribution in [1.29, 1.82) is 0 Å². The van der Waals surface area contributed by atoms with Crippen molar-refractivity contribution in [3.63, 3.8) is 0 Å². The summed E-state index contributed by atoms with van der Waals surface area (Å²) >= 11 is 7.57. The average molecular weight is 484 g/mol. The lowest BCUT2D eigenvalue weighted by atomic mass is 10.1. The van der Waals surface area contributed by atoms with Crippen molar-refractivity contribution in [3.05, 3.63) is 112 Å². The van der Waals surface area contributed by atoms with E-state index in [0.717, 1.165) is 39.5 Å². The minimum atomic E-state index is -0.160. The van der Waals surface area contributed by atoms with Gasteiger partial charge in [0.2, 0.25) is 0 Å². The fraction of sp³-hybridized carbons (Fsp3) is 0.0714. The number of thioether (sulfide) groups is 1. The van der Waals surface area contributed by atoms with Crippen LogP contribution < -0.4 is 5.32 Å². The summed E-state index contributed by atoms with van der Waals surface area (Å²) in [6, 6.07) is 28.2. The molecule has 1 fully saturated rings. The molecule has 0 radical (unpaired) electrons. The Morgan fingerprint density at radius 3 is 2.38 bits per heavy atom. The van der Waals surface area contributed by atoms with Crippen LogP contribution in [0.4, 0.5) is 5.69 Å². The Hall–Kier alpha value is -3.54. The summed E-state index contributed by atoms with van der Waals surface area (Å²) < 4.78 is 2.23. The van der Waals surface area contributed by atoms with Crippen LogP contribution >= 0.6 is 23.4 Å². The molecule has 1 aromatic heterocycles. The molecule has 168 valence electrons. The van der Waals surface area contributed by atoms with Gasteiger partial charge in [0.15, 0.2) is 5.17 Å². The summed E-state index contributed by atoms with van der Waals surface area (Å²) in [5.74, 6) is -0.160. The molecule has 4 nitrogen and oxygen atoms in total. The quantitative estimate of drug-likeness (QED) is 0.309. The molecule has 0 aliphatic carbocycles. The maximum absolute atomic E-state index is 12.8. The number of rotatable bonds is 4. The summed E-state index contributed by atoms with van der Waals surface area (Å²) in [6.07, 6.45) is 1.95. The van der Waals surface area contributed by atoms with Gasteiger partial charge in [-0.05, 0) is 73.1 Å². The molecule has 4 aromatic rings. The van der Waals surface area contributed by atoms with Crippen molar-refractivity contribution in [2.45, 2.75) is 13.8 Å². The van der Waals surface area contributed by atoms with E-state index in [4.69, 9.17) is 11.6 Å². The van der Waals surface area contributed by atoms with Crippen LogP contribution in [0.2, 0.25) is 5.02 Å². The monoisotopic (exact) mass is 483 g/mol. The SMILES string of the molecule is Cc1c(Cl)cccc1N=C1NC(=O)/C(=C/c2cc(C)n(-c3ccccc3)c2-c2ccccc2)S1. The predicted octanol–water partition coefficient (Wildman–Crippen LogP) is 7.31. The van der Waals surface area contributed by atoms with Crippen molar-refractivity contribution in [2.75, 3.05) is 0 Å². The highest BCUT2D eigenvalue weighted by Gasteiger charge is 2.25. The highest BCUT2D eigenvalue weighted by molar-refractivity contribution is 8.18. The third-order valence-electron chi connectivity index (χ3n) is 5.67. The van der Waals surface area contributed by atoms with Gasteiger partial charge in [-0.1, -0.05) is 66.2 Å². The smallest absolute Gasteiger partial charge is 0.264 e. The first-order valence-corrected chi connectivity index (χ1v) is 12.1. The van der Waals surface area contributed by atoms with Crippen LogP contribution in [0, 0.1) is 13.8 Å². The van der Waals surface area contributed by atoms with Gasteiger partial charge < -0.3 is 9.88 Å². The van der Waals surface area contributed by atoms with Crippen LogP contribution in [0.25, 0.3) is 23.0 Å². The normalized spacial score (nSPS) is 15.8. The van der Waals surface area contributed by atoms with E-state index in [-0.39, 0.29) is 5.91 Å². The number of aromatic nitrogens is 1. The second-order valence-electron chi connectivity index (χ2n) is 7.99. The molecule has 6 heteroatoms. The number of nitrogens with one attached hydrogen (secondary N) is 1. The molecular formula is C28H22ClN3OS. The molecule has 5 rings (SSSR count). The van der Waals surface area contributed by atoms with E-state index in [1.807, 2.05) is 67.6 Å². The summed E-state index contributed by atoms with van der Waals surface area (Å²) in [4.78, 5) is 18.1. The standard InChI is InChI=1S/C28H22ClN3OS/c1-18-16-21(26(20-10-5-3-6-11-20)32(18)22-12-7-4-8-13-22)17-25-27(33)31-28(34-25)30-24-15-9-14-23(29)19(24)2/h3-17H,1-2H3,(H,30,31,33)/b25-17-. The molecule has 3 aromatic carbocycles. The number of aliphatic imine (C=N–C) groups is 1. The molecule has 0 unspecified atom stereocenters. The van der Waals surface area contributed by atoms with Gasteiger partial charge in [-0.3, -0.25) is 4.79 Å². The van der Waals surface area contributed by atoms with Crippen molar-refractivity contribution >= 4 is 46.2 Å². The molecule has 0 atom stereocenters. The fourth-order valence-electron chi connectivity index (χ4n) is 4.02. The van der Waals surface area contributed by atoms with E-state index < -0.39 is 0 Å². The Bertz CT molecular complexity index is 1440. The van der Waals surface area contributed by atoms with Gasteiger partial charge in [0.05, 0.1) is 16.3 Å². The van der Waals surface area contributed by atoms with Crippen molar-refractivity contribution < 1.29 is 4.79 Å². The minimum absolute atomic E-state index is 0.160. The number of para-hydroxylation sites is 1. The van der Waals surface area contributed by atoms with E-state index in [9.17, 15) is 4.79 Å². The van der Waals surface area contributed by atoms with E-state index in [2.05, 4.69) is 52.1 Å². The second-order valence-corrected chi connectivity index (χ2v) is 9.43. The molecule has 1 amide bonds. The Balaban J connectivity index is 1.58. The highest BCUT2D eigenvalue weighted by Crippen LogP contribution is 2.36. The first-order valence-electron chi connectivity index (χ1n) is 10.9. The average Bonchev–Trinajstić information content (AvgIpc) is 3.36. The summed E-state index contributed by atoms with van der Waals surface area (Å²) in [5, 5.41) is 4.08. The largest absolute Gasteiger partial charge is 0.313 e. The van der Waals surface area contributed by atoms with Gasteiger partial charge in [0.1, 0.15) is 0 Å². The number of carbonyl (C=O) groups is 1. The fourth-order valence-corrected chi connectivity index (χ4v) is 5.02. The lowest BCUT2D eigenvalue weighted by molar-refractivity contribution is -0.115. The van der Waals surface area contributed by atoms with Gasteiger partial charge in [-0.15, -0.1) is 0 Å². The lowest BCUT2D eigenvalue weighted by Crippen LogP contribution is -2.19. The van der Waals surface area contributed by atoms with Crippen molar-refractivity contribution in [2.24, 2.45) is 4.99 Å². The Kier molecular flexibility index (Phi) is 6.14. The topological polar surface area (TPSA) is 46.4 Å². The van der Waals surface area contributed by atoms with Crippen LogP contribution in [0.1, 0.15) is 16.8 Å². The third kappa shape index (κ3) is 4.32. The number of amidine groups is 1. The number of halogens is 1. The zero-order valence-electron chi connectivity index (χ0n) is 18.7. The molecule has 0 saturated carbocycles. The molecule has 0 bridgehead atoms. The van der Waals surface area contributed by atoms with Crippen molar-refractivity contribution in [1.82, 2.24) is 9.88 Å². The first kappa shape index (κ1) is 22.3. The van der Waals surface area contributed by atoms with Gasteiger partial charge in [-0.25, -0.2) is 4.99 Å². The van der Waals surface area contributed by atoms with Gasteiger partial charge in [-0.2, -0.15) is 0 Å². The number of benzene rings is 3. The number of amides is 1. The van der Waals surface area contributed by atoms with Crippen LogP contribution in [0.15, 0.2) is 94.8 Å². The van der Waals surface area contributed by atoms with Gasteiger partial charge >= 0.3 is 0 Å². The predicted molar refractivity (Wildman–Crippen MR) is 143 cm³/mol. The summed E-state index contributed by atoms with van der Waals surface area (Å²) in [5.41, 5.74) is 6.89. The van der Waals surface area contributed by atoms with E-state index >= 15 is 0 Å². The molecular weight excluding hydrogens is 462 g/mol. The maximum Gasteiger partial charge on any atom is 0.264 e. The van der Waals surface area contributed by atoms with Gasteiger partial charge in [0, 0.05) is 22.0 Å². The van der Waals surface area contributed by atoms with Crippen LogP contribution in [0.5, 0.6) is 0 Å². The molecule has 1 N–H and O–H groups in total. The highest BCUT2D eigenvalue weighted by atomic mass is 35.5. The van der Waals surface area contributed by atoms with E-state index in [1.54, 1.807) is 0 Å². The number of carbonyl (C=O) groups excluding carboxylic acids is 1. The van der Waals surface area contributed by atoms with Crippen LogP contribution in [-0.2, 0) is 4.79 Å². The third-order valence-corrected chi connectivity index (χ3v) is 6.99. The number of aryl methyl sites for hydroxylation is 1. The van der Waals surface area contributed by atoms with Crippen LogP contribution in [-0.4, -0.2) is 15.6 Å².